The molecule has 2 N–H and O–H groups in total. The minimum atomic E-state index is 0.346. The van der Waals surface area contributed by atoms with Crippen LogP contribution in [-0.4, -0.2) is 15.9 Å². The van der Waals surface area contributed by atoms with Gasteiger partial charge in [-0.1, -0.05) is 31.5 Å². The van der Waals surface area contributed by atoms with E-state index in [0.717, 1.165) is 17.8 Å². The normalized spacial score (nSPS) is 11.6. The standard InChI is InChI=1S/C12H16ClN3/c1-8(2)12-15-11(13)10-5-3-4-9(6-7-14)16(10)12/h3-5,8H,6-7,14H2,1-2H3. The zero-order chi connectivity index (χ0) is 11.7. The molecule has 0 bridgehead atoms. The molecule has 0 aliphatic rings. The minimum Gasteiger partial charge on any atom is -0.330 e. The highest BCUT2D eigenvalue weighted by atomic mass is 35.5. The van der Waals surface area contributed by atoms with Crippen LogP contribution in [0.1, 0.15) is 31.3 Å². The van der Waals surface area contributed by atoms with Gasteiger partial charge in [-0.05, 0) is 18.7 Å². The van der Waals surface area contributed by atoms with E-state index in [2.05, 4.69) is 29.3 Å². The number of halogens is 1. The molecule has 16 heavy (non-hydrogen) atoms. The molecule has 2 rings (SSSR count). The average molecular weight is 238 g/mol. The molecule has 0 fully saturated rings. The smallest absolute Gasteiger partial charge is 0.155 e. The van der Waals surface area contributed by atoms with Crippen LogP contribution < -0.4 is 5.73 Å². The average Bonchev–Trinajstić information content (AvgIpc) is 2.58. The highest BCUT2D eigenvalue weighted by Crippen LogP contribution is 2.24. The topological polar surface area (TPSA) is 43.3 Å². The minimum absolute atomic E-state index is 0.346. The summed E-state index contributed by atoms with van der Waals surface area (Å²) in [7, 11) is 0. The van der Waals surface area contributed by atoms with Crippen molar-refractivity contribution in [3.8, 4) is 0 Å². The van der Waals surface area contributed by atoms with Crippen molar-refractivity contribution in [2.45, 2.75) is 26.2 Å². The van der Waals surface area contributed by atoms with Crippen LogP contribution in [0.15, 0.2) is 18.2 Å². The van der Waals surface area contributed by atoms with Gasteiger partial charge in [-0.2, -0.15) is 0 Å². The molecule has 0 saturated carbocycles. The van der Waals surface area contributed by atoms with E-state index in [1.54, 1.807) is 0 Å². The lowest BCUT2D eigenvalue weighted by molar-refractivity contribution is 0.747. The summed E-state index contributed by atoms with van der Waals surface area (Å²) in [6.07, 6.45) is 0.837. The number of nitrogens with zero attached hydrogens (tertiary/aromatic N) is 2. The number of nitrogens with two attached hydrogens (primary N) is 1. The van der Waals surface area contributed by atoms with Gasteiger partial charge in [0, 0.05) is 18.0 Å². The van der Waals surface area contributed by atoms with Crippen LogP contribution in [0, 0.1) is 0 Å². The lowest BCUT2D eigenvalue weighted by Gasteiger charge is -2.09. The molecule has 0 aromatic carbocycles. The van der Waals surface area contributed by atoms with E-state index < -0.39 is 0 Å². The monoisotopic (exact) mass is 237 g/mol. The van der Waals surface area contributed by atoms with Crippen molar-refractivity contribution in [3.63, 3.8) is 0 Å². The van der Waals surface area contributed by atoms with Crippen LogP contribution in [0.2, 0.25) is 5.15 Å². The lowest BCUT2D eigenvalue weighted by atomic mass is 10.2. The SMILES string of the molecule is CC(C)c1nc(Cl)c2cccc(CCN)n12. The maximum atomic E-state index is 6.13. The van der Waals surface area contributed by atoms with Gasteiger partial charge in [-0.25, -0.2) is 4.98 Å². The van der Waals surface area contributed by atoms with Gasteiger partial charge in [-0.3, -0.25) is 4.40 Å². The summed E-state index contributed by atoms with van der Waals surface area (Å²) in [5, 5.41) is 0.572. The Labute approximate surface area is 100 Å². The Balaban J connectivity index is 2.72. The summed E-state index contributed by atoms with van der Waals surface area (Å²) >= 11 is 6.13. The van der Waals surface area contributed by atoms with Crippen LogP contribution in [0.25, 0.3) is 5.52 Å². The molecule has 2 heterocycles. The van der Waals surface area contributed by atoms with E-state index in [4.69, 9.17) is 17.3 Å². The molecular formula is C12H16ClN3. The van der Waals surface area contributed by atoms with Crippen molar-refractivity contribution in [2.75, 3.05) is 6.54 Å². The molecule has 2 aromatic rings. The van der Waals surface area contributed by atoms with Crippen molar-refractivity contribution < 1.29 is 0 Å². The zero-order valence-corrected chi connectivity index (χ0v) is 10.3. The predicted molar refractivity (Wildman–Crippen MR) is 67.0 cm³/mol. The predicted octanol–water partition coefficient (Wildman–Crippen LogP) is 2.61. The zero-order valence-electron chi connectivity index (χ0n) is 9.57. The first-order chi connectivity index (χ1) is 7.65. The highest BCUT2D eigenvalue weighted by molar-refractivity contribution is 6.32. The van der Waals surface area contributed by atoms with Gasteiger partial charge in [0.1, 0.15) is 5.82 Å². The molecule has 0 aliphatic carbocycles. The lowest BCUT2D eigenvalue weighted by Crippen LogP contribution is -2.09. The van der Waals surface area contributed by atoms with Crippen LogP contribution in [-0.2, 0) is 6.42 Å². The number of imidazole rings is 1. The highest BCUT2D eigenvalue weighted by Gasteiger charge is 2.14. The van der Waals surface area contributed by atoms with Crippen molar-refractivity contribution in [1.82, 2.24) is 9.38 Å². The second kappa shape index (κ2) is 4.44. The fraction of sp³-hybridized carbons (Fsp3) is 0.417. The maximum absolute atomic E-state index is 6.13. The van der Waals surface area contributed by atoms with Gasteiger partial charge in [-0.15, -0.1) is 0 Å². The molecule has 86 valence electrons. The van der Waals surface area contributed by atoms with Crippen molar-refractivity contribution in [2.24, 2.45) is 5.73 Å². The fourth-order valence-corrected chi connectivity index (χ4v) is 2.16. The molecule has 0 saturated heterocycles. The Morgan fingerprint density at radius 1 is 1.44 bits per heavy atom. The van der Waals surface area contributed by atoms with E-state index in [-0.39, 0.29) is 0 Å². The quantitative estimate of drug-likeness (QED) is 0.892. The molecule has 0 amide bonds. The Morgan fingerprint density at radius 3 is 2.81 bits per heavy atom. The van der Waals surface area contributed by atoms with Gasteiger partial charge in [0.15, 0.2) is 5.15 Å². The van der Waals surface area contributed by atoms with Gasteiger partial charge < -0.3 is 5.73 Å². The van der Waals surface area contributed by atoms with Gasteiger partial charge in [0.05, 0.1) is 5.52 Å². The maximum Gasteiger partial charge on any atom is 0.155 e. The van der Waals surface area contributed by atoms with E-state index in [1.807, 2.05) is 12.1 Å². The van der Waals surface area contributed by atoms with Crippen LogP contribution >= 0.6 is 11.6 Å². The molecule has 2 aromatic heterocycles. The summed E-state index contributed by atoms with van der Waals surface area (Å²) in [5.74, 6) is 1.35. The van der Waals surface area contributed by atoms with Crippen molar-refractivity contribution >= 4 is 17.1 Å². The first-order valence-corrected chi connectivity index (χ1v) is 5.88. The van der Waals surface area contributed by atoms with Gasteiger partial charge >= 0.3 is 0 Å². The van der Waals surface area contributed by atoms with Crippen LogP contribution in [0.5, 0.6) is 0 Å². The third-order valence-corrected chi connectivity index (χ3v) is 2.92. The number of fused-ring (bicyclic) bond motifs is 1. The second-order valence-corrected chi connectivity index (χ2v) is 4.55. The van der Waals surface area contributed by atoms with Crippen molar-refractivity contribution in [1.29, 1.82) is 0 Å². The molecule has 0 unspecified atom stereocenters. The van der Waals surface area contributed by atoms with Crippen molar-refractivity contribution in [3.05, 3.63) is 34.9 Å². The van der Waals surface area contributed by atoms with Crippen LogP contribution in [0.3, 0.4) is 0 Å². The Bertz CT molecular complexity index is 502. The van der Waals surface area contributed by atoms with E-state index in [0.29, 0.717) is 17.6 Å². The van der Waals surface area contributed by atoms with E-state index in [1.165, 1.54) is 5.69 Å². The first kappa shape index (κ1) is 11.4. The molecule has 3 nitrogen and oxygen atoms in total. The third-order valence-electron chi connectivity index (χ3n) is 2.64. The van der Waals surface area contributed by atoms with Crippen LogP contribution in [0.4, 0.5) is 0 Å². The number of rotatable bonds is 3. The summed E-state index contributed by atoms with van der Waals surface area (Å²) < 4.78 is 2.12. The van der Waals surface area contributed by atoms with E-state index >= 15 is 0 Å². The molecule has 0 aliphatic heterocycles. The Morgan fingerprint density at radius 2 is 2.19 bits per heavy atom. The summed E-state index contributed by atoms with van der Waals surface area (Å²) in [4.78, 5) is 4.42. The number of hydrogen-bond acceptors (Lipinski definition) is 2. The largest absolute Gasteiger partial charge is 0.330 e. The second-order valence-electron chi connectivity index (χ2n) is 4.19. The van der Waals surface area contributed by atoms with E-state index in [9.17, 15) is 0 Å². The molecule has 0 radical (unpaired) electrons. The number of aromatic nitrogens is 2. The summed E-state index contributed by atoms with van der Waals surface area (Å²) in [5.41, 5.74) is 7.76. The molecule has 0 atom stereocenters. The molecule has 4 heteroatoms. The fourth-order valence-electron chi connectivity index (χ4n) is 1.92. The molecular weight excluding hydrogens is 222 g/mol. The third kappa shape index (κ3) is 1.81. The number of hydrogen-bond donors (Lipinski definition) is 1. The Kier molecular flexibility index (Phi) is 3.17. The molecule has 0 spiro atoms. The Hall–Kier alpha value is -1.06. The summed E-state index contributed by atoms with van der Waals surface area (Å²) in [6.45, 7) is 4.86. The first-order valence-electron chi connectivity index (χ1n) is 5.51. The number of pyridine rings is 1. The van der Waals surface area contributed by atoms with Gasteiger partial charge in [0.25, 0.3) is 0 Å². The summed E-state index contributed by atoms with van der Waals surface area (Å²) in [6, 6.07) is 6.06. The van der Waals surface area contributed by atoms with Gasteiger partial charge in [0.2, 0.25) is 0 Å².